The van der Waals surface area contributed by atoms with Crippen LogP contribution in [0.15, 0.2) is 109 Å². The molecule has 13 heteroatoms. The highest BCUT2D eigenvalue weighted by molar-refractivity contribution is 5.85. The van der Waals surface area contributed by atoms with Crippen LogP contribution >= 0.6 is 24.8 Å². The van der Waals surface area contributed by atoms with Gasteiger partial charge in [0.1, 0.15) is 34.8 Å². The Labute approximate surface area is 342 Å². The summed E-state index contributed by atoms with van der Waals surface area (Å²) in [6, 6.07) is 28.4. The zero-order valence-corrected chi connectivity index (χ0v) is 32.8. The van der Waals surface area contributed by atoms with Gasteiger partial charge < -0.3 is 24.5 Å². The number of nitrogens with one attached hydrogen (secondary N) is 2. The van der Waals surface area contributed by atoms with Gasteiger partial charge in [-0.2, -0.15) is 0 Å². The molecule has 2 N–H and O–H groups in total. The number of H-pyrrole nitrogens is 2. The lowest BCUT2D eigenvalue weighted by Gasteiger charge is -2.23. The lowest BCUT2D eigenvalue weighted by Crippen LogP contribution is -2.31. The van der Waals surface area contributed by atoms with Crippen molar-refractivity contribution < 1.29 is 23.1 Å². The average Bonchev–Trinajstić information content (AvgIpc) is 4.04. The van der Waals surface area contributed by atoms with E-state index in [1.807, 2.05) is 58.3 Å². The third-order valence-electron chi connectivity index (χ3n) is 10.6. The van der Waals surface area contributed by atoms with Gasteiger partial charge in [0.05, 0.1) is 35.9 Å². The first-order valence-electron chi connectivity index (χ1n) is 18.9. The van der Waals surface area contributed by atoms with Gasteiger partial charge in [-0.25, -0.2) is 18.7 Å². The topological polar surface area (TPSA) is 107 Å². The lowest BCUT2D eigenvalue weighted by molar-refractivity contribution is -0.133. The molecule has 0 aliphatic carbocycles. The van der Waals surface area contributed by atoms with Gasteiger partial charge in [0, 0.05) is 31.5 Å². The van der Waals surface area contributed by atoms with Crippen molar-refractivity contribution in [3.05, 3.63) is 144 Å². The van der Waals surface area contributed by atoms with Crippen molar-refractivity contribution in [2.75, 3.05) is 13.1 Å². The van der Waals surface area contributed by atoms with E-state index in [1.165, 1.54) is 12.1 Å². The number of likely N-dealkylation sites (tertiary alicyclic amines) is 2. The number of nitrogens with zero attached hydrogens (tertiary/aromatic N) is 4. The first kappa shape index (κ1) is 41.1. The molecule has 2 saturated heterocycles. The van der Waals surface area contributed by atoms with E-state index in [4.69, 9.17) is 4.74 Å². The molecular formula is C44H44Cl2F2N6O3. The number of benzene rings is 4. The Bertz CT molecular complexity index is 2300. The summed E-state index contributed by atoms with van der Waals surface area (Å²) in [5.41, 5.74) is 4.61. The smallest absolute Gasteiger partial charge is 0.223 e. The van der Waals surface area contributed by atoms with Crippen LogP contribution < -0.4 is 4.74 Å². The second kappa shape index (κ2) is 18.6. The van der Waals surface area contributed by atoms with Gasteiger partial charge in [-0.1, -0.05) is 48.5 Å². The van der Waals surface area contributed by atoms with Crippen molar-refractivity contribution in [2.24, 2.45) is 0 Å². The number of aromatic nitrogens is 4. The Kier molecular flexibility index (Phi) is 13.4. The Morgan fingerprint density at radius 1 is 0.632 bits per heavy atom. The number of aromatic amines is 2. The maximum atomic E-state index is 14.1. The number of imidazole rings is 2. The predicted octanol–water partition coefficient (Wildman–Crippen LogP) is 9.97. The van der Waals surface area contributed by atoms with Crippen LogP contribution in [0, 0.1) is 11.6 Å². The number of carbonyl (C=O) groups is 2. The molecule has 8 rings (SSSR count). The van der Waals surface area contributed by atoms with Crippen LogP contribution in [0.1, 0.15) is 73.4 Å². The van der Waals surface area contributed by atoms with Gasteiger partial charge in [-0.3, -0.25) is 9.59 Å². The molecule has 57 heavy (non-hydrogen) atoms. The van der Waals surface area contributed by atoms with Crippen LogP contribution in [0.3, 0.4) is 0 Å². The van der Waals surface area contributed by atoms with E-state index >= 15 is 0 Å². The molecule has 0 unspecified atom stereocenters. The summed E-state index contributed by atoms with van der Waals surface area (Å²) in [7, 11) is 0. The summed E-state index contributed by atoms with van der Waals surface area (Å²) in [6.07, 6.45) is 8.21. The molecule has 0 saturated carbocycles. The molecule has 0 radical (unpaired) electrons. The average molecular weight is 814 g/mol. The molecule has 4 aromatic carbocycles. The maximum absolute atomic E-state index is 14.1. The van der Waals surface area contributed by atoms with E-state index in [2.05, 4.69) is 19.9 Å². The molecule has 6 aromatic rings. The van der Waals surface area contributed by atoms with E-state index in [0.717, 1.165) is 59.8 Å². The van der Waals surface area contributed by atoms with Gasteiger partial charge in [0.2, 0.25) is 11.8 Å². The van der Waals surface area contributed by atoms with Crippen molar-refractivity contribution in [3.8, 4) is 34.0 Å². The Morgan fingerprint density at radius 3 is 1.67 bits per heavy atom. The van der Waals surface area contributed by atoms with Crippen LogP contribution in [0.4, 0.5) is 8.78 Å². The molecule has 296 valence electrons. The SMILES string of the molecule is Cl.Cl.O=C(CCc1ccccc1F)N1CCC[C@H]1c1ncc(-c2ccc(Oc3cccc(-c4cnc([C@@H]5CCCN5C(=O)CCc5ccccc5F)[nH]4)c3)cc2)[nH]1. The number of hydrogen-bond donors (Lipinski definition) is 2. The minimum Gasteiger partial charge on any atom is -0.457 e. The molecule has 2 aliphatic heterocycles. The molecule has 2 atom stereocenters. The van der Waals surface area contributed by atoms with E-state index < -0.39 is 0 Å². The maximum Gasteiger partial charge on any atom is 0.223 e. The van der Waals surface area contributed by atoms with E-state index in [-0.39, 0.29) is 73.2 Å². The number of aryl methyl sites for hydroxylation is 2. The molecule has 2 amide bonds. The summed E-state index contributed by atoms with van der Waals surface area (Å²) in [4.78, 5) is 46.2. The molecule has 0 bridgehead atoms. The fourth-order valence-corrected chi connectivity index (χ4v) is 7.74. The molecule has 2 fully saturated rings. The number of carbonyl (C=O) groups excluding carboxylic acids is 2. The molecule has 0 spiro atoms. The second-order valence-electron chi connectivity index (χ2n) is 14.2. The van der Waals surface area contributed by atoms with Gasteiger partial charge in [0.25, 0.3) is 0 Å². The largest absolute Gasteiger partial charge is 0.457 e. The van der Waals surface area contributed by atoms with Gasteiger partial charge in [-0.05, 0) is 104 Å². The fraction of sp³-hybridized carbons (Fsp3) is 0.273. The van der Waals surface area contributed by atoms with E-state index in [0.29, 0.717) is 48.6 Å². The zero-order valence-electron chi connectivity index (χ0n) is 31.2. The minimum atomic E-state index is -0.283. The fourth-order valence-electron chi connectivity index (χ4n) is 7.74. The van der Waals surface area contributed by atoms with E-state index in [1.54, 1.807) is 48.8 Å². The quantitative estimate of drug-likeness (QED) is 0.128. The summed E-state index contributed by atoms with van der Waals surface area (Å²) in [5.74, 6) is 2.26. The van der Waals surface area contributed by atoms with Gasteiger partial charge >= 0.3 is 0 Å². The second-order valence-corrected chi connectivity index (χ2v) is 14.2. The number of rotatable bonds is 12. The number of ether oxygens (including phenoxy) is 1. The number of amides is 2. The van der Waals surface area contributed by atoms with Crippen LogP contribution in [0.25, 0.3) is 22.5 Å². The zero-order chi connectivity index (χ0) is 37.7. The van der Waals surface area contributed by atoms with Crippen LogP contribution in [-0.4, -0.2) is 54.6 Å². The Morgan fingerprint density at radius 2 is 1.14 bits per heavy atom. The first-order valence-corrected chi connectivity index (χ1v) is 18.9. The van der Waals surface area contributed by atoms with Crippen molar-refractivity contribution in [2.45, 2.75) is 63.5 Å². The van der Waals surface area contributed by atoms with Crippen molar-refractivity contribution in [1.82, 2.24) is 29.7 Å². The Hall–Kier alpha value is -5.52. The standard InChI is InChI=1S/C44H42F2N6O3.2ClH/c45-35-12-3-1-8-29(35)18-22-41(53)51-24-6-14-39(51)43-47-27-37(49-43)31-16-20-33(21-17-31)55-34-11-5-10-32(26-34)38-28-48-44(50-38)40-15-7-25-52(40)42(54)23-19-30-9-2-4-13-36(30)46;;/h1-5,8-13,16-17,20-21,26-28,39-40H,6-7,14-15,18-19,22-25H2,(H,47,49)(H,48,50);2*1H/t39-,40-;;/m0../s1. The van der Waals surface area contributed by atoms with Gasteiger partial charge in [-0.15, -0.1) is 24.8 Å². The van der Waals surface area contributed by atoms with E-state index in [9.17, 15) is 18.4 Å². The molecule has 9 nitrogen and oxygen atoms in total. The Balaban J connectivity index is 0.00000275. The third kappa shape index (κ3) is 9.38. The van der Waals surface area contributed by atoms with Gasteiger partial charge in [0.15, 0.2) is 0 Å². The summed E-state index contributed by atoms with van der Waals surface area (Å²) in [5, 5.41) is 0. The summed E-state index contributed by atoms with van der Waals surface area (Å²) >= 11 is 0. The monoisotopic (exact) mass is 812 g/mol. The number of halogens is 4. The van der Waals surface area contributed by atoms with Crippen LogP contribution in [0.2, 0.25) is 0 Å². The van der Waals surface area contributed by atoms with Crippen molar-refractivity contribution in [1.29, 1.82) is 0 Å². The van der Waals surface area contributed by atoms with Crippen molar-refractivity contribution in [3.63, 3.8) is 0 Å². The predicted molar refractivity (Wildman–Crippen MR) is 219 cm³/mol. The van der Waals surface area contributed by atoms with Crippen LogP contribution in [-0.2, 0) is 22.4 Å². The van der Waals surface area contributed by atoms with Crippen molar-refractivity contribution >= 4 is 36.6 Å². The van der Waals surface area contributed by atoms with Crippen LogP contribution in [0.5, 0.6) is 11.5 Å². The highest BCUT2D eigenvalue weighted by Gasteiger charge is 2.33. The molecule has 4 heterocycles. The minimum absolute atomic E-state index is 0. The summed E-state index contributed by atoms with van der Waals surface area (Å²) < 4.78 is 34.5. The lowest BCUT2D eigenvalue weighted by atomic mass is 10.1. The first-order chi connectivity index (χ1) is 26.9. The molecule has 2 aliphatic rings. The molecular weight excluding hydrogens is 769 g/mol. The normalized spacial score (nSPS) is 16.2. The third-order valence-corrected chi connectivity index (χ3v) is 10.6. The number of hydrogen-bond acceptors (Lipinski definition) is 5. The highest BCUT2D eigenvalue weighted by Crippen LogP contribution is 2.35. The highest BCUT2D eigenvalue weighted by atomic mass is 35.5. The summed E-state index contributed by atoms with van der Waals surface area (Å²) in [6.45, 7) is 1.31. The molecule has 2 aromatic heterocycles.